The molecule has 0 fully saturated rings. The molecule has 0 radical (unpaired) electrons. The third kappa shape index (κ3) is 4.63. The summed E-state index contributed by atoms with van der Waals surface area (Å²) in [6.45, 7) is 3.93. The summed E-state index contributed by atoms with van der Waals surface area (Å²) in [5.74, 6) is 0.0294. The Morgan fingerprint density at radius 2 is 1.62 bits per heavy atom. The first-order valence-corrected chi connectivity index (χ1v) is 10.3. The van der Waals surface area contributed by atoms with Crippen LogP contribution in [0.4, 0.5) is 0 Å². The van der Waals surface area contributed by atoms with E-state index in [1.165, 1.54) is 0 Å². The van der Waals surface area contributed by atoms with Crippen molar-refractivity contribution in [1.29, 1.82) is 0 Å². The van der Waals surface area contributed by atoms with Crippen molar-refractivity contribution in [2.45, 2.75) is 43.3 Å². The van der Waals surface area contributed by atoms with E-state index in [0.29, 0.717) is 12.0 Å². The fourth-order valence-corrected chi connectivity index (χ4v) is 3.17. The van der Waals surface area contributed by atoms with E-state index in [9.17, 15) is 16.8 Å². The fraction of sp³-hybridized carbons (Fsp3) is 0.667. The molecule has 1 heterocycles. The Morgan fingerprint density at radius 1 is 1.00 bits per heavy atom. The number of ether oxygens (including phenoxy) is 1. The van der Waals surface area contributed by atoms with Gasteiger partial charge in [-0.25, -0.2) is 21.8 Å². The minimum absolute atomic E-state index is 0.0294. The maximum absolute atomic E-state index is 11.9. The van der Waals surface area contributed by atoms with E-state index in [1.54, 1.807) is 6.92 Å². The highest BCUT2D eigenvalue weighted by molar-refractivity contribution is 7.91. The van der Waals surface area contributed by atoms with E-state index >= 15 is 0 Å². The summed E-state index contributed by atoms with van der Waals surface area (Å²) in [7, 11) is -7.41. The van der Waals surface area contributed by atoms with Crippen molar-refractivity contribution in [3.8, 4) is 5.88 Å². The van der Waals surface area contributed by atoms with E-state index in [-0.39, 0.29) is 17.5 Å². The Balaban J connectivity index is 3.65. The molecule has 1 rings (SSSR count). The summed E-state index contributed by atoms with van der Waals surface area (Å²) in [4.78, 5) is 7.62. The molecule has 0 aromatic carbocycles. The van der Waals surface area contributed by atoms with Gasteiger partial charge in [-0.15, -0.1) is 0 Å². The first-order chi connectivity index (χ1) is 9.61. The van der Waals surface area contributed by atoms with Gasteiger partial charge in [0.05, 0.1) is 12.2 Å². The van der Waals surface area contributed by atoms with Gasteiger partial charge in [0.15, 0.2) is 14.9 Å². The van der Waals surface area contributed by atoms with Gasteiger partial charge in [0.25, 0.3) is 5.16 Å². The summed E-state index contributed by atoms with van der Waals surface area (Å²) >= 11 is 0. The maximum atomic E-state index is 11.9. The lowest BCUT2D eigenvalue weighted by Crippen LogP contribution is -2.15. The minimum Gasteiger partial charge on any atom is -0.478 e. The number of hydrogen-bond acceptors (Lipinski definition) is 7. The van der Waals surface area contributed by atoms with E-state index in [4.69, 9.17) is 4.74 Å². The Labute approximate surface area is 125 Å². The van der Waals surface area contributed by atoms with Crippen molar-refractivity contribution in [2.24, 2.45) is 0 Å². The molecule has 120 valence electrons. The molecule has 21 heavy (non-hydrogen) atoms. The molecular weight excluding hydrogens is 316 g/mol. The van der Waals surface area contributed by atoms with Crippen molar-refractivity contribution in [3.05, 3.63) is 5.56 Å². The predicted molar refractivity (Wildman–Crippen MR) is 78.0 cm³/mol. The highest BCUT2D eigenvalue weighted by Crippen LogP contribution is 2.26. The molecule has 0 aliphatic heterocycles. The number of unbranched alkanes of at least 4 members (excludes halogenated alkanes) is 1. The van der Waals surface area contributed by atoms with Gasteiger partial charge in [-0.3, -0.25) is 0 Å². The molecule has 1 aromatic heterocycles. The van der Waals surface area contributed by atoms with E-state index in [1.807, 2.05) is 6.92 Å². The standard InChI is InChI=1S/C12H20N2O5S2/c1-5-7-8-9-10(19-6-2)13-12(21(4,17)18)14-11(9)20(3,15)16/h5-8H2,1-4H3. The van der Waals surface area contributed by atoms with Crippen LogP contribution in [-0.2, 0) is 26.1 Å². The second kappa shape index (κ2) is 6.69. The van der Waals surface area contributed by atoms with E-state index in [2.05, 4.69) is 9.97 Å². The van der Waals surface area contributed by atoms with Crippen LogP contribution < -0.4 is 4.74 Å². The molecule has 0 aliphatic carbocycles. The molecule has 0 spiro atoms. The van der Waals surface area contributed by atoms with Crippen molar-refractivity contribution in [1.82, 2.24) is 9.97 Å². The highest BCUT2D eigenvalue weighted by Gasteiger charge is 2.25. The van der Waals surface area contributed by atoms with E-state index < -0.39 is 24.8 Å². The van der Waals surface area contributed by atoms with Crippen molar-refractivity contribution >= 4 is 19.7 Å². The number of hydrogen-bond donors (Lipinski definition) is 0. The third-order valence-electron chi connectivity index (χ3n) is 2.65. The molecule has 0 unspecified atom stereocenters. The second-order valence-electron chi connectivity index (χ2n) is 4.68. The number of nitrogens with zero attached hydrogens (tertiary/aromatic N) is 2. The molecule has 0 saturated heterocycles. The largest absolute Gasteiger partial charge is 0.478 e. The Kier molecular flexibility index (Phi) is 5.68. The van der Waals surface area contributed by atoms with Crippen molar-refractivity contribution < 1.29 is 21.6 Å². The number of sulfone groups is 2. The zero-order valence-corrected chi connectivity index (χ0v) is 14.2. The van der Waals surface area contributed by atoms with Gasteiger partial charge in [-0.05, 0) is 19.8 Å². The summed E-state index contributed by atoms with van der Waals surface area (Å²) in [6, 6.07) is 0. The molecule has 7 nitrogen and oxygen atoms in total. The smallest absolute Gasteiger partial charge is 0.251 e. The molecule has 0 amide bonds. The molecule has 0 N–H and O–H groups in total. The van der Waals surface area contributed by atoms with Crippen LogP contribution in [0.15, 0.2) is 10.2 Å². The summed E-state index contributed by atoms with van der Waals surface area (Å²) in [5.41, 5.74) is 0.341. The van der Waals surface area contributed by atoms with Crippen molar-refractivity contribution in [3.63, 3.8) is 0 Å². The van der Waals surface area contributed by atoms with Gasteiger partial charge in [0, 0.05) is 12.5 Å². The summed E-state index contributed by atoms with van der Waals surface area (Å²) in [5, 5.41) is -0.804. The summed E-state index contributed by atoms with van der Waals surface area (Å²) < 4.78 is 52.4. The SMILES string of the molecule is CCCCc1c(OCC)nc(S(C)(=O)=O)nc1S(C)(=O)=O. The molecular formula is C12H20N2O5S2. The van der Waals surface area contributed by atoms with Crippen molar-refractivity contribution in [2.75, 3.05) is 19.1 Å². The van der Waals surface area contributed by atoms with Crippen LogP contribution in [0, 0.1) is 0 Å². The third-order valence-corrected chi connectivity index (χ3v) is 4.54. The Morgan fingerprint density at radius 3 is 2.05 bits per heavy atom. The summed E-state index contributed by atoms with van der Waals surface area (Å²) in [6.07, 6.45) is 3.91. The molecule has 0 bridgehead atoms. The van der Waals surface area contributed by atoms with Crippen LogP contribution in [0.1, 0.15) is 32.3 Å². The molecule has 0 atom stereocenters. The first kappa shape index (κ1) is 17.8. The molecule has 9 heteroatoms. The normalized spacial score (nSPS) is 12.4. The first-order valence-electron chi connectivity index (χ1n) is 6.55. The molecule has 0 aliphatic rings. The predicted octanol–water partition coefficient (Wildman–Crippen LogP) is 1.02. The van der Waals surface area contributed by atoms with Gasteiger partial charge in [-0.1, -0.05) is 13.3 Å². The number of aromatic nitrogens is 2. The fourth-order valence-electron chi connectivity index (χ4n) is 1.72. The van der Waals surface area contributed by atoms with Crippen LogP contribution >= 0.6 is 0 Å². The van der Waals surface area contributed by atoms with Gasteiger partial charge in [-0.2, -0.15) is 4.98 Å². The monoisotopic (exact) mass is 336 g/mol. The van der Waals surface area contributed by atoms with E-state index in [0.717, 1.165) is 25.4 Å². The van der Waals surface area contributed by atoms with Gasteiger partial charge in [0.2, 0.25) is 15.7 Å². The topological polar surface area (TPSA) is 103 Å². The maximum Gasteiger partial charge on any atom is 0.251 e. The van der Waals surface area contributed by atoms with Gasteiger partial charge < -0.3 is 4.74 Å². The zero-order chi connectivity index (χ0) is 16.3. The van der Waals surface area contributed by atoms with Crippen LogP contribution in [0.5, 0.6) is 5.88 Å². The van der Waals surface area contributed by atoms with Crippen LogP contribution in [-0.4, -0.2) is 45.9 Å². The Hall–Kier alpha value is -1.22. The quantitative estimate of drug-likeness (QED) is 0.541. The van der Waals surface area contributed by atoms with Gasteiger partial charge in [0.1, 0.15) is 0 Å². The van der Waals surface area contributed by atoms with Crippen LogP contribution in [0.3, 0.4) is 0 Å². The average Bonchev–Trinajstić information content (AvgIpc) is 2.34. The average molecular weight is 336 g/mol. The lowest BCUT2D eigenvalue weighted by atomic mass is 10.1. The lowest BCUT2D eigenvalue weighted by molar-refractivity contribution is 0.315. The zero-order valence-electron chi connectivity index (χ0n) is 12.6. The minimum atomic E-state index is -3.73. The highest BCUT2D eigenvalue weighted by atomic mass is 32.2. The Bertz CT molecular complexity index is 711. The number of rotatable bonds is 7. The van der Waals surface area contributed by atoms with Crippen LogP contribution in [0.25, 0.3) is 0 Å². The van der Waals surface area contributed by atoms with Gasteiger partial charge >= 0.3 is 0 Å². The second-order valence-corrected chi connectivity index (χ2v) is 8.52. The van der Waals surface area contributed by atoms with Crippen LogP contribution in [0.2, 0.25) is 0 Å². The lowest BCUT2D eigenvalue weighted by Gasteiger charge is -2.13. The molecule has 0 saturated carbocycles. The molecule has 1 aromatic rings.